The lowest BCUT2D eigenvalue weighted by Crippen LogP contribution is -2.29. The second-order valence-corrected chi connectivity index (χ2v) is 5.25. The molecule has 0 radical (unpaired) electrons. The van der Waals surface area contributed by atoms with Gasteiger partial charge in [-0.3, -0.25) is 14.7 Å². The molecule has 25 heavy (non-hydrogen) atoms. The smallest absolute Gasteiger partial charge is 0.252 e. The molecule has 0 bridgehead atoms. The first-order valence-corrected chi connectivity index (χ1v) is 8.07. The van der Waals surface area contributed by atoms with Crippen molar-refractivity contribution in [3.8, 4) is 0 Å². The minimum absolute atomic E-state index is 0.119. The number of nitrogens with one attached hydrogen (secondary N) is 1. The molecule has 7 heteroatoms. The Morgan fingerprint density at radius 1 is 1.44 bits per heavy atom. The monoisotopic (exact) mass is 350 g/mol. The van der Waals surface area contributed by atoms with Crippen LogP contribution in [0.25, 0.3) is 0 Å². The van der Waals surface area contributed by atoms with Crippen LogP contribution in [-0.2, 0) is 4.79 Å². The SMILES string of the molecule is CC=CC(=O)N(/C=C/C(=NC)NC(CCC)c1ccc(F)nc1)CF. The topological polar surface area (TPSA) is 57.6 Å². The number of aromatic nitrogens is 1. The van der Waals surface area contributed by atoms with E-state index in [2.05, 4.69) is 15.3 Å². The first-order valence-electron chi connectivity index (χ1n) is 8.07. The molecule has 0 aliphatic carbocycles. The minimum Gasteiger partial charge on any atom is -0.363 e. The first-order chi connectivity index (χ1) is 12.0. The zero-order valence-corrected chi connectivity index (χ0v) is 14.7. The van der Waals surface area contributed by atoms with Crippen LogP contribution in [0.3, 0.4) is 0 Å². The van der Waals surface area contributed by atoms with Gasteiger partial charge in [0.15, 0.2) is 6.80 Å². The average molecular weight is 350 g/mol. The molecule has 1 amide bonds. The third kappa shape index (κ3) is 6.82. The van der Waals surface area contributed by atoms with Crippen LogP contribution >= 0.6 is 0 Å². The number of alkyl halides is 1. The van der Waals surface area contributed by atoms with E-state index in [1.807, 2.05) is 6.92 Å². The number of pyridine rings is 1. The summed E-state index contributed by atoms with van der Waals surface area (Å²) in [6.07, 6.45) is 8.85. The van der Waals surface area contributed by atoms with Crippen molar-refractivity contribution in [3.63, 3.8) is 0 Å². The molecule has 0 aliphatic rings. The second-order valence-electron chi connectivity index (χ2n) is 5.25. The Labute approximate surface area is 147 Å². The highest BCUT2D eigenvalue weighted by Gasteiger charge is 2.13. The van der Waals surface area contributed by atoms with Gasteiger partial charge in [0.25, 0.3) is 5.91 Å². The number of amides is 1. The van der Waals surface area contributed by atoms with Gasteiger partial charge in [-0.15, -0.1) is 0 Å². The number of carbonyl (C=O) groups excluding carboxylic acids is 1. The third-order valence-electron chi connectivity index (χ3n) is 3.43. The highest BCUT2D eigenvalue weighted by Crippen LogP contribution is 2.18. The van der Waals surface area contributed by atoms with E-state index in [0.717, 1.165) is 23.3 Å². The normalized spacial score (nSPS) is 13.4. The maximum absolute atomic E-state index is 13.0. The van der Waals surface area contributed by atoms with Gasteiger partial charge in [0, 0.05) is 19.4 Å². The van der Waals surface area contributed by atoms with Crippen LogP contribution < -0.4 is 5.32 Å². The molecule has 1 aromatic heterocycles. The first kappa shape index (κ1) is 20.5. The van der Waals surface area contributed by atoms with Crippen LogP contribution in [0.5, 0.6) is 0 Å². The largest absolute Gasteiger partial charge is 0.363 e. The van der Waals surface area contributed by atoms with Gasteiger partial charge in [-0.25, -0.2) is 9.37 Å². The van der Waals surface area contributed by atoms with E-state index >= 15 is 0 Å². The summed E-state index contributed by atoms with van der Waals surface area (Å²) in [6.45, 7) is 2.78. The summed E-state index contributed by atoms with van der Waals surface area (Å²) in [7, 11) is 1.59. The van der Waals surface area contributed by atoms with E-state index < -0.39 is 18.7 Å². The van der Waals surface area contributed by atoms with Crippen LogP contribution in [0.1, 0.15) is 38.3 Å². The molecular weight excluding hydrogens is 326 g/mol. The number of halogens is 2. The van der Waals surface area contributed by atoms with Gasteiger partial charge in [-0.1, -0.05) is 25.5 Å². The molecule has 0 aromatic carbocycles. The Kier molecular flexibility index (Phi) is 9.06. The van der Waals surface area contributed by atoms with Crippen molar-refractivity contribution in [1.82, 2.24) is 15.2 Å². The van der Waals surface area contributed by atoms with E-state index in [1.165, 1.54) is 30.6 Å². The van der Waals surface area contributed by atoms with E-state index in [9.17, 15) is 13.6 Å². The van der Waals surface area contributed by atoms with Crippen molar-refractivity contribution in [1.29, 1.82) is 0 Å². The quantitative estimate of drug-likeness (QED) is 0.257. The zero-order valence-electron chi connectivity index (χ0n) is 14.7. The Morgan fingerprint density at radius 2 is 2.20 bits per heavy atom. The van der Waals surface area contributed by atoms with Crippen LogP contribution in [-0.4, -0.2) is 35.5 Å². The number of amidine groups is 1. The molecule has 1 atom stereocenters. The number of allylic oxidation sites excluding steroid dienone is 1. The van der Waals surface area contributed by atoms with E-state index in [1.54, 1.807) is 26.1 Å². The molecule has 1 heterocycles. The van der Waals surface area contributed by atoms with Crippen molar-refractivity contribution in [2.24, 2.45) is 4.99 Å². The van der Waals surface area contributed by atoms with Gasteiger partial charge in [0.05, 0.1) is 6.04 Å². The molecule has 0 spiro atoms. The minimum atomic E-state index is -0.934. The summed E-state index contributed by atoms with van der Waals surface area (Å²) in [6, 6.07) is 2.85. The lowest BCUT2D eigenvalue weighted by Gasteiger charge is -2.20. The van der Waals surface area contributed by atoms with Crippen LogP contribution in [0, 0.1) is 5.95 Å². The number of aliphatic imine (C=N–C) groups is 1. The molecule has 136 valence electrons. The lowest BCUT2D eigenvalue weighted by atomic mass is 10.0. The van der Waals surface area contributed by atoms with Crippen molar-refractivity contribution in [3.05, 3.63) is 54.3 Å². The second kappa shape index (κ2) is 11.1. The predicted octanol–water partition coefficient (Wildman–Crippen LogP) is 3.53. The average Bonchev–Trinajstić information content (AvgIpc) is 2.61. The number of hydrogen-bond acceptors (Lipinski definition) is 3. The third-order valence-corrected chi connectivity index (χ3v) is 3.43. The van der Waals surface area contributed by atoms with Gasteiger partial charge >= 0.3 is 0 Å². The number of carbonyl (C=O) groups is 1. The molecule has 1 unspecified atom stereocenters. The Morgan fingerprint density at radius 3 is 2.72 bits per heavy atom. The number of hydrogen-bond donors (Lipinski definition) is 1. The van der Waals surface area contributed by atoms with Crippen molar-refractivity contribution >= 4 is 11.7 Å². The fraction of sp³-hybridized carbons (Fsp3) is 0.389. The van der Waals surface area contributed by atoms with Crippen molar-refractivity contribution in [2.75, 3.05) is 13.8 Å². The summed E-state index contributed by atoms with van der Waals surface area (Å²) in [4.78, 5) is 20.4. The molecule has 0 saturated heterocycles. The zero-order chi connectivity index (χ0) is 18.7. The number of nitrogens with zero attached hydrogens (tertiary/aromatic N) is 3. The highest BCUT2D eigenvalue weighted by molar-refractivity contribution is 5.94. The molecule has 1 rings (SSSR count). The van der Waals surface area contributed by atoms with Gasteiger partial charge in [0.1, 0.15) is 5.84 Å². The fourth-order valence-corrected chi connectivity index (χ4v) is 2.14. The Bertz CT molecular complexity index is 626. The molecule has 1 N–H and O–H groups in total. The molecule has 0 aliphatic heterocycles. The standard InChI is InChI=1S/C18H24F2N4O/c1-4-6-15(14-8-9-16(20)22-12-14)23-17(21-3)10-11-24(13-19)18(25)7-5-2/h5,7-12,15H,4,6,13H2,1-3H3,(H,21,23)/b7-5?,11-10+. The van der Waals surface area contributed by atoms with Gasteiger partial charge < -0.3 is 5.32 Å². The van der Waals surface area contributed by atoms with Crippen molar-refractivity contribution < 1.29 is 13.6 Å². The maximum atomic E-state index is 13.0. The molecule has 5 nitrogen and oxygen atoms in total. The van der Waals surface area contributed by atoms with Crippen LogP contribution in [0.2, 0.25) is 0 Å². The molecule has 0 fully saturated rings. The summed E-state index contributed by atoms with van der Waals surface area (Å²) in [5.74, 6) is -0.511. The Hall–Kier alpha value is -2.57. The summed E-state index contributed by atoms with van der Waals surface area (Å²) >= 11 is 0. The predicted molar refractivity (Wildman–Crippen MR) is 95.1 cm³/mol. The summed E-state index contributed by atoms with van der Waals surface area (Å²) < 4.78 is 26.0. The van der Waals surface area contributed by atoms with E-state index in [0.29, 0.717) is 5.84 Å². The molecule has 1 aromatic rings. The van der Waals surface area contributed by atoms with Crippen LogP contribution in [0.4, 0.5) is 8.78 Å². The van der Waals surface area contributed by atoms with Crippen LogP contribution in [0.15, 0.2) is 47.7 Å². The Balaban J connectivity index is 2.88. The van der Waals surface area contributed by atoms with Gasteiger partial charge in [-0.2, -0.15) is 4.39 Å². The molecular formula is C18H24F2N4O. The lowest BCUT2D eigenvalue weighted by molar-refractivity contribution is -0.124. The highest BCUT2D eigenvalue weighted by atomic mass is 19.1. The van der Waals surface area contributed by atoms with Gasteiger partial charge in [-0.05, 0) is 37.1 Å². The fourth-order valence-electron chi connectivity index (χ4n) is 2.14. The van der Waals surface area contributed by atoms with Crippen molar-refractivity contribution in [2.45, 2.75) is 32.7 Å². The number of rotatable bonds is 8. The summed E-state index contributed by atoms with van der Waals surface area (Å²) in [5.41, 5.74) is 0.824. The van der Waals surface area contributed by atoms with E-state index in [4.69, 9.17) is 0 Å². The van der Waals surface area contributed by atoms with Gasteiger partial charge in [0.2, 0.25) is 5.95 Å². The maximum Gasteiger partial charge on any atom is 0.252 e. The molecule has 0 saturated carbocycles. The van der Waals surface area contributed by atoms with E-state index in [-0.39, 0.29) is 6.04 Å². The summed E-state index contributed by atoms with van der Waals surface area (Å²) in [5, 5.41) is 3.21.